The summed E-state index contributed by atoms with van der Waals surface area (Å²) in [5.74, 6) is 0.697. The molecule has 0 bridgehead atoms. The van der Waals surface area contributed by atoms with E-state index in [1.165, 1.54) is 22.9 Å². The fourth-order valence-corrected chi connectivity index (χ4v) is 4.77. The van der Waals surface area contributed by atoms with Crippen molar-refractivity contribution in [3.8, 4) is 11.1 Å². The maximum Gasteiger partial charge on any atom is 0.339 e. The SMILES string of the molecule is Cc1noc(CSc2ccccc2C(=O)OCC(=O)c2ccc3c(c2)-c2ccccc2C3)n1. The van der Waals surface area contributed by atoms with Gasteiger partial charge in [0.1, 0.15) is 0 Å². The Kier molecular flexibility index (Phi) is 5.79. The van der Waals surface area contributed by atoms with Gasteiger partial charge in [-0.15, -0.1) is 11.8 Å². The van der Waals surface area contributed by atoms with Gasteiger partial charge in [0.15, 0.2) is 18.2 Å². The molecule has 1 aliphatic rings. The van der Waals surface area contributed by atoms with Crippen molar-refractivity contribution in [2.45, 2.75) is 24.0 Å². The summed E-state index contributed by atoms with van der Waals surface area (Å²) in [5.41, 5.74) is 5.62. The number of benzene rings is 3. The zero-order valence-corrected chi connectivity index (χ0v) is 18.7. The summed E-state index contributed by atoms with van der Waals surface area (Å²) in [6, 6.07) is 21.0. The molecular formula is C26H20N2O4S. The van der Waals surface area contributed by atoms with Crippen LogP contribution in [0.1, 0.15) is 43.6 Å². The van der Waals surface area contributed by atoms with Crippen LogP contribution >= 0.6 is 11.8 Å². The molecule has 0 fully saturated rings. The van der Waals surface area contributed by atoms with E-state index in [4.69, 9.17) is 9.26 Å². The molecule has 0 aliphatic heterocycles. The molecule has 1 aliphatic carbocycles. The van der Waals surface area contributed by atoms with Crippen molar-refractivity contribution in [2.75, 3.05) is 6.61 Å². The Morgan fingerprint density at radius 3 is 2.64 bits per heavy atom. The number of nitrogens with zero attached hydrogens (tertiary/aromatic N) is 2. The minimum Gasteiger partial charge on any atom is -0.454 e. The van der Waals surface area contributed by atoms with Crippen molar-refractivity contribution in [1.82, 2.24) is 10.1 Å². The Balaban J connectivity index is 1.25. The molecule has 0 saturated carbocycles. The number of rotatable bonds is 7. The first-order chi connectivity index (χ1) is 16.1. The zero-order valence-electron chi connectivity index (χ0n) is 17.9. The van der Waals surface area contributed by atoms with E-state index in [9.17, 15) is 9.59 Å². The fraction of sp³-hybridized carbons (Fsp3) is 0.154. The van der Waals surface area contributed by atoms with Crippen LogP contribution in [0.3, 0.4) is 0 Å². The molecular weight excluding hydrogens is 436 g/mol. The normalized spacial score (nSPS) is 11.7. The topological polar surface area (TPSA) is 82.3 Å². The minimum atomic E-state index is -0.542. The smallest absolute Gasteiger partial charge is 0.339 e. The van der Waals surface area contributed by atoms with Crippen LogP contribution in [0.2, 0.25) is 0 Å². The van der Waals surface area contributed by atoms with Gasteiger partial charge in [0.2, 0.25) is 5.89 Å². The molecule has 4 aromatic rings. The molecule has 5 rings (SSSR count). The number of hydrogen-bond donors (Lipinski definition) is 0. The fourth-order valence-electron chi connectivity index (χ4n) is 3.89. The zero-order chi connectivity index (χ0) is 22.8. The molecule has 1 heterocycles. The third kappa shape index (κ3) is 4.45. The van der Waals surface area contributed by atoms with Crippen LogP contribution in [-0.4, -0.2) is 28.5 Å². The molecule has 6 nitrogen and oxygen atoms in total. The molecule has 0 N–H and O–H groups in total. The minimum absolute atomic E-state index is 0.234. The second-order valence-electron chi connectivity index (χ2n) is 7.73. The number of aryl methyl sites for hydroxylation is 1. The van der Waals surface area contributed by atoms with Crippen LogP contribution in [0.15, 0.2) is 76.1 Å². The van der Waals surface area contributed by atoms with E-state index in [2.05, 4.69) is 22.3 Å². The maximum absolute atomic E-state index is 12.8. The van der Waals surface area contributed by atoms with Gasteiger partial charge in [-0.2, -0.15) is 4.98 Å². The largest absolute Gasteiger partial charge is 0.454 e. The summed E-state index contributed by atoms with van der Waals surface area (Å²) in [6.07, 6.45) is 0.868. The van der Waals surface area contributed by atoms with Crippen LogP contribution < -0.4 is 0 Å². The molecule has 164 valence electrons. The number of ketones is 1. The molecule has 33 heavy (non-hydrogen) atoms. The monoisotopic (exact) mass is 456 g/mol. The third-order valence-electron chi connectivity index (χ3n) is 5.48. The Bertz CT molecular complexity index is 1360. The van der Waals surface area contributed by atoms with E-state index in [1.807, 2.05) is 36.4 Å². The highest BCUT2D eigenvalue weighted by atomic mass is 32.2. The molecule has 0 radical (unpaired) electrons. The highest BCUT2D eigenvalue weighted by Gasteiger charge is 2.21. The lowest BCUT2D eigenvalue weighted by molar-refractivity contribution is 0.0471. The number of Topliss-reactive ketones (excluding diaryl/α,β-unsaturated/α-hetero) is 1. The van der Waals surface area contributed by atoms with Crippen molar-refractivity contribution in [2.24, 2.45) is 0 Å². The van der Waals surface area contributed by atoms with E-state index < -0.39 is 5.97 Å². The van der Waals surface area contributed by atoms with Crippen LogP contribution in [-0.2, 0) is 16.9 Å². The third-order valence-corrected chi connectivity index (χ3v) is 6.54. The van der Waals surface area contributed by atoms with Gasteiger partial charge in [-0.05, 0) is 53.8 Å². The number of carbonyl (C=O) groups excluding carboxylic acids is 2. The van der Waals surface area contributed by atoms with Crippen LogP contribution in [0.5, 0.6) is 0 Å². The molecule has 0 unspecified atom stereocenters. The molecule has 7 heteroatoms. The molecule has 0 atom stereocenters. The second kappa shape index (κ2) is 9.03. The number of fused-ring (bicyclic) bond motifs is 3. The maximum atomic E-state index is 12.8. The van der Waals surface area contributed by atoms with Crippen molar-refractivity contribution < 1.29 is 18.8 Å². The Morgan fingerprint density at radius 1 is 1.00 bits per heavy atom. The quantitative estimate of drug-likeness (QED) is 0.187. The number of aromatic nitrogens is 2. The van der Waals surface area contributed by atoms with Crippen molar-refractivity contribution >= 4 is 23.5 Å². The van der Waals surface area contributed by atoms with Gasteiger partial charge >= 0.3 is 5.97 Å². The predicted octanol–water partition coefficient (Wildman–Crippen LogP) is 5.28. The second-order valence-corrected chi connectivity index (χ2v) is 8.74. The summed E-state index contributed by atoms with van der Waals surface area (Å²) < 4.78 is 10.5. The van der Waals surface area contributed by atoms with E-state index in [1.54, 1.807) is 25.1 Å². The van der Waals surface area contributed by atoms with Gasteiger partial charge in [0, 0.05) is 10.5 Å². The first kappa shape index (κ1) is 21.2. The van der Waals surface area contributed by atoms with Crippen LogP contribution in [0.25, 0.3) is 11.1 Å². The van der Waals surface area contributed by atoms with E-state index >= 15 is 0 Å². The lowest BCUT2D eigenvalue weighted by Gasteiger charge is -2.09. The van der Waals surface area contributed by atoms with Gasteiger partial charge in [-0.1, -0.05) is 53.7 Å². The van der Waals surface area contributed by atoms with E-state index in [0.717, 1.165) is 22.4 Å². The highest BCUT2D eigenvalue weighted by molar-refractivity contribution is 7.98. The molecule has 1 aromatic heterocycles. The standard InChI is InChI=1S/C26H20N2O4S/c1-16-27-25(32-28-16)15-33-24-9-5-4-8-21(24)26(30)31-14-23(29)19-11-10-18-12-17-6-2-3-7-20(17)22(18)13-19/h2-11,13H,12,14-15H2,1H3. The average molecular weight is 457 g/mol. The first-order valence-corrected chi connectivity index (χ1v) is 11.5. The summed E-state index contributed by atoms with van der Waals surface area (Å²) in [5, 5.41) is 3.77. The van der Waals surface area contributed by atoms with Gasteiger partial charge in [0.05, 0.1) is 11.3 Å². The lowest BCUT2D eigenvalue weighted by atomic mass is 10.0. The predicted molar refractivity (Wildman–Crippen MR) is 124 cm³/mol. The molecule has 0 amide bonds. The van der Waals surface area contributed by atoms with Crippen LogP contribution in [0.4, 0.5) is 0 Å². The number of carbonyl (C=O) groups is 2. The summed E-state index contributed by atoms with van der Waals surface area (Å²) in [6.45, 7) is 1.43. The first-order valence-electron chi connectivity index (χ1n) is 10.5. The van der Waals surface area contributed by atoms with Gasteiger partial charge < -0.3 is 9.26 Å². The number of esters is 1. The summed E-state index contributed by atoms with van der Waals surface area (Å²) in [7, 11) is 0. The highest BCUT2D eigenvalue weighted by Crippen LogP contribution is 2.37. The molecule has 0 saturated heterocycles. The summed E-state index contributed by atoms with van der Waals surface area (Å²) >= 11 is 1.40. The Labute approximate surface area is 195 Å². The Hall–Kier alpha value is -3.71. The van der Waals surface area contributed by atoms with Gasteiger partial charge in [0.25, 0.3) is 0 Å². The Morgan fingerprint density at radius 2 is 1.79 bits per heavy atom. The molecule has 0 spiro atoms. The number of thioether (sulfide) groups is 1. The molecule has 3 aromatic carbocycles. The van der Waals surface area contributed by atoms with E-state index in [-0.39, 0.29) is 12.4 Å². The van der Waals surface area contributed by atoms with Crippen molar-refractivity contribution in [3.05, 3.63) is 101 Å². The van der Waals surface area contributed by atoms with Crippen LogP contribution in [0, 0.1) is 6.92 Å². The summed E-state index contributed by atoms with van der Waals surface area (Å²) in [4.78, 5) is 30.4. The van der Waals surface area contributed by atoms with Gasteiger partial charge in [-0.3, -0.25) is 4.79 Å². The average Bonchev–Trinajstić information content (AvgIpc) is 3.43. The number of hydrogen-bond acceptors (Lipinski definition) is 7. The lowest BCUT2D eigenvalue weighted by Crippen LogP contribution is -2.15. The van der Waals surface area contributed by atoms with Crippen molar-refractivity contribution in [1.29, 1.82) is 0 Å². The number of ether oxygens (including phenoxy) is 1. The van der Waals surface area contributed by atoms with E-state index in [0.29, 0.717) is 28.6 Å². The van der Waals surface area contributed by atoms with Crippen molar-refractivity contribution in [3.63, 3.8) is 0 Å². The van der Waals surface area contributed by atoms with Gasteiger partial charge in [-0.25, -0.2) is 4.79 Å².